The third-order valence-corrected chi connectivity index (χ3v) is 4.36. The molecule has 1 aliphatic rings. The molecule has 2 aromatic rings. The van der Waals surface area contributed by atoms with E-state index in [2.05, 4.69) is 15.3 Å². The minimum absolute atomic E-state index is 0.0316. The smallest absolute Gasteiger partial charge is 0.305 e. The third-order valence-electron chi connectivity index (χ3n) is 3.31. The Morgan fingerprint density at radius 2 is 2.00 bits per heavy atom. The van der Waals surface area contributed by atoms with Gasteiger partial charge in [-0.1, -0.05) is 16.6 Å². The van der Waals surface area contributed by atoms with E-state index in [0.717, 1.165) is 15.5 Å². The van der Waals surface area contributed by atoms with Crippen LogP contribution in [0, 0.1) is 13.8 Å². The zero-order chi connectivity index (χ0) is 16.0. The molecule has 0 atom stereocenters. The van der Waals surface area contributed by atoms with Gasteiger partial charge >= 0.3 is 5.97 Å². The second-order valence-electron chi connectivity index (χ2n) is 4.74. The van der Waals surface area contributed by atoms with E-state index in [1.165, 1.54) is 16.0 Å². The van der Waals surface area contributed by atoms with Gasteiger partial charge in [-0.25, -0.2) is 4.98 Å². The number of carbonyl (C=O) groups excluding carboxylic acids is 2. The Morgan fingerprint density at radius 1 is 1.27 bits per heavy atom. The van der Waals surface area contributed by atoms with Crippen LogP contribution < -0.4 is 0 Å². The van der Waals surface area contributed by atoms with E-state index in [-0.39, 0.29) is 24.4 Å². The number of imide groups is 1. The van der Waals surface area contributed by atoms with Gasteiger partial charge in [0, 0.05) is 11.4 Å². The molecule has 1 aliphatic heterocycles. The lowest BCUT2D eigenvalue weighted by molar-refractivity contribution is -0.137. The Bertz CT molecular complexity index is 789. The van der Waals surface area contributed by atoms with Crippen LogP contribution in [0.2, 0.25) is 0 Å². The molecule has 9 nitrogen and oxygen atoms in total. The maximum absolute atomic E-state index is 12.4. The van der Waals surface area contributed by atoms with Crippen LogP contribution in [0.1, 0.15) is 38.0 Å². The van der Waals surface area contributed by atoms with Crippen molar-refractivity contribution >= 4 is 29.1 Å². The van der Waals surface area contributed by atoms with Crippen LogP contribution >= 0.6 is 11.3 Å². The molecule has 0 saturated carbocycles. The molecule has 10 heteroatoms. The highest BCUT2D eigenvalue weighted by molar-refractivity contribution is 7.14. The van der Waals surface area contributed by atoms with E-state index in [4.69, 9.17) is 5.11 Å². The summed E-state index contributed by atoms with van der Waals surface area (Å²) in [7, 11) is 0. The summed E-state index contributed by atoms with van der Waals surface area (Å²) in [6, 6.07) is 0. The topological polar surface area (TPSA) is 118 Å². The predicted octanol–water partition coefficient (Wildman–Crippen LogP) is 0.411. The monoisotopic (exact) mass is 321 g/mol. The van der Waals surface area contributed by atoms with Gasteiger partial charge in [-0.2, -0.15) is 4.68 Å². The van der Waals surface area contributed by atoms with Gasteiger partial charge in [0.2, 0.25) is 5.13 Å². The predicted molar refractivity (Wildman–Crippen MR) is 74.1 cm³/mol. The second-order valence-corrected chi connectivity index (χ2v) is 5.92. The minimum Gasteiger partial charge on any atom is -0.481 e. The van der Waals surface area contributed by atoms with Crippen LogP contribution in [0.5, 0.6) is 0 Å². The number of carboxylic acids is 1. The van der Waals surface area contributed by atoms with Gasteiger partial charge in [0.25, 0.3) is 11.8 Å². The van der Waals surface area contributed by atoms with E-state index in [1.807, 2.05) is 13.8 Å². The summed E-state index contributed by atoms with van der Waals surface area (Å²) >= 11 is 1.33. The first kappa shape index (κ1) is 14.3. The number of carbonyl (C=O) groups is 3. The second kappa shape index (κ2) is 4.98. The van der Waals surface area contributed by atoms with Gasteiger partial charge in [0.15, 0.2) is 11.4 Å². The highest BCUT2D eigenvalue weighted by atomic mass is 32.1. The number of aliphatic carboxylic acids is 1. The van der Waals surface area contributed by atoms with Crippen molar-refractivity contribution in [2.75, 3.05) is 6.54 Å². The Hall–Kier alpha value is -2.62. The zero-order valence-corrected chi connectivity index (χ0v) is 12.5. The maximum Gasteiger partial charge on any atom is 0.305 e. The number of fused-ring (bicyclic) bond motifs is 1. The molecule has 3 heterocycles. The number of rotatable bonds is 4. The van der Waals surface area contributed by atoms with Crippen molar-refractivity contribution < 1.29 is 19.5 Å². The molecule has 3 rings (SSSR count). The van der Waals surface area contributed by atoms with Gasteiger partial charge in [0.05, 0.1) is 12.1 Å². The van der Waals surface area contributed by atoms with E-state index in [9.17, 15) is 14.4 Å². The molecule has 0 saturated heterocycles. The summed E-state index contributed by atoms with van der Waals surface area (Å²) in [4.78, 5) is 41.2. The average molecular weight is 321 g/mol. The van der Waals surface area contributed by atoms with Crippen LogP contribution in [0.25, 0.3) is 5.13 Å². The van der Waals surface area contributed by atoms with E-state index >= 15 is 0 Å². The van der Waals surface area contributed by atoms with Gasteiger partial charge in [0.1, 0.15) is 0 Å². The molecule has 0 fully saturated rings. The molecular weight excluding hydrogens is 310 g/mol. The lowest BCUT2D eigenvalue weighted by Gasteiger charge is -2.11. The molecule has 0 unspecified atom stereocenters. The van der Waals surface area contributed by atoms with E-state index < -0.39 is 17.8 Å². The average Bonchev–Trinajstić information content (AvgIpc) is 3.07. The Morgan fingerprint density at radius 3 is 2.59 bits per heavy atom. The number of aromatic nitrogens is 4. The number of amides is 2. The first-order chi connectivity index (χ1) is 10.4. The summed E-state index contributed by atoms with van der Waals surface area (Å²) in [5.74, 6) is -2.31. The van der Waals surface area contributed by atoms with Crippen LogP contribution in [0.4, 0.5) is 0 Å². The van der Waals surface area contributed by atoms with Crippen LogP contribution in [-0.2, 0) is 4.79 Å². The third kappa shape index (κ3) is 2.08. The molecule has 22 heavy (non-hydrogen) atoms. The summed E-state index contributed by atoms with van der Waals surface area (Å²) < 4.78 is 1.24. The summed E-state index contributed by atoms with van der Waals surface area (Å²) in [6.45, 7) is 3.53. The minimum atomic E-state index is -1.09. The van der Waals surface area contributed by atoms with Crippen molar-refractivity contribution in [1.82, 2.24) is 24.9 Å². The summed E-state index contributed by atoms with van der Waals surface area (Å²) in [5, 5.41) is 16.7. The zero-order valence-electron chi connectivity index (χ0n) is 11.7. The van der Waals surface area contributed by atoms with Gasteiger partial charge in [-0.15, -0.1) is 5.10 Å². The maximum atomic E-state index is 12.4. The summed E-state index contributed by atoms with van der Waals surface area (Å²) in [5.41, 5.74) is 0.772. The van der Waals surface area contributed by atoms with Crippen molar-refractivity contribution in [2.45, 2.75) is 20.3 Å². The molecule has 114 valence electrons. The number of hydrogen-bond donors (Lipinski definition) is 1. The van der Waals surface area contributed by atoms with Crippen molar-refractivity contribution in [3.05, 3.63) is 22.0 Å². The molecule has 0 bridgehead atoms. The number of carboxylic acid groups (broad SMARTS) is 1. The highest BCUT2D eigenvalue weighted by Crippen LogP contribution is 2.26. The van der Waals surface area contributed by atoms with Crippen LogP contribution in [0.3, 0.4) is 0 Å². The Balaban J connectivity index is 1.98. The van der Waals surface area contributed by atoms with Gasteiger partial charge in [-0.3, -0.25) is 19.3 Å². The summed E-state index contributed by atoms with van der Waals surface area (Å²) in [6.07, 6.45) is -0.315. The van der Waals surface area contributed by atoms with Gasteiger partial charge < -0.3 is 5.11 Å². The molecule has 2 amide bonds. The Kier molecular flexibility index (Phi) is 3.24. The fraction of sp³-hybridized carbons (Fsp3) is 0.333. The van der Waals surface area contributed by atoms with Crippen molar-refractivity contribution in [3.63, 3.8) is 0 Å². The number of thiazole rings is 1. The first-order valence-electron chi connectivity index (χ1n) is 6.38. The molecular formula is C12H11N5O4S. The molecule has 0 radical (unpaired) electrons. The number of hydrogen-bond acceptors (Lipinski definition) is 7. The SMILES string of the molecule is Cc1nc(-n2nnc3c2C(=O)N(CCC(=O)O)C3=O)sc1C. The standard InChI is InChI=1S/C12H11N5O4S/c1-5-6(2)22-12(13-5)17-9-8(14-15-17)10(20)16(11(9)21)4-3-7(18)19/h3-4H2,1-2H3,(H,18,19). The quantitative estimate of drug-likeness (QED) is 0.810. The molecule has 0 aliphatic carbocycles. The molecule has 2 aromatic heterocycles. The normalized spacial score (nSPS) is 13.8. The largest absolute Gasteiger partial charge is 0.481 e. The van der Waals surface area contributed by atoms with Gasteiger partial charge in [-0.05, 0) is 13.8 Å². The molecule has 1 N–H and O–H groups in total. The number of nitrogens with zero attached hydrogens (tertiary/aromatic N) is 5. The van der Waals surface area contributed by atoms with E-state index in [1.54, 1.807) is 0 Å². The molecule has 0 aromatic carbocycles. The lowest BCUT2D eigenvalue weighted by Crippen LogP contribution is -2.33. The van der Waals surface area contributed by atoms with Crippen LogP contribution in [0.15, 0.2) is 0 Å². The van der Waals surface area contributed by atoms with Crippen molar-refractivity contribution in [1.29, 1.82) is 0 Å². The lowest BCUT2D eigenvalue weighted by atomic mass is 10.4. The van der Waals surface area contributed by atoms with Crippen molar-refractivity contribution in [2.24, 2.45) is 0 Å². The number of aryl methyl sites for hydroxylation is 2. The van der Waals surface area contributed by atoms with E-state index in [0.29, 0.717) is 5.13 Å². The fourth-order valence-corrected chi connectivity index (χ4v) is 2.92. The fourth-order valence-electron chi connectivity index (χ4n) is 2.06. The first-order valence-corrected chi connectivity index (χ1v) is 7.20. The molecule has 0 spiro atoms. The van der Waals surface area contributed by atoms with Crippen LogP contribution in [-0.4, -0.2) is 54.3 Å². The van der Waals surface area contributed by atoms with Crippen molar-refractivity contribution in [3.8, 4) is 5.13 Å². The Labute approximate surface area is 128 Å². The highest BCUT2D eigenvalue weighted by Gasteiger charge is 2.42.